The van der Waals surface area contributed by atoms with Gasteiger partial charge in [0.1, 0.15) is 6.54 Å². The van der Waals surface area contributed by atoms with Crippen molar-refractivity contribution < 1.29 is 13.2 Å². The predicted octanol–water partition coefficient (Wildman–Crippen LogP) is 2.69. The number of fused-ring (bicyclic) bond motifs is 1. The Morgan fingerprint density at radius 2 is 1.50 bits per heavy atom. The quantitative estimate of drug-likeness (QED) is 0.403. The van der Waals surface area contributed by atoms with Gasteiger partial charge in [-0.3, -0.25) is 14.3 Å². The van der Waals surface area contributed by atoms with Crippen LogP contribution in [0.3, 0.4) is 0 Å². The average molecular weight is 505 g/mol. The highest BCUT2D eigenvalue weighted by Crippen LogP contribution is 2.21. The molecule has 1 saturated heterocycles. The van der Waals surface area contributed by atoms with E-state index in [9.17, 15) is 18.0 Å². The molecule has 0 radical (unpaired) electrons. The van der Waals surface area contributed by atoms with Gasteiger partial charge in [-0.15, -0.1) is 0 Å². The first-order chi connectivity index (χ1) is 17.3. The van der Waals surface area contributed by atoms with Crippen molar-refractivity contribution >= 4 is 27.0 Å². The lowest BCUT2D eigenvalue weighted by Gasteiger charge is -2.34. The van der Waals surface area contributed by atoms with Gasteiger partial charge in [0.25, 0.3) is 10.0 Å². The number of hydrogen-bond acceptors (Lipinski definition) is 5. The molecule has 0 N–H and O–H groups in total. The zero-order chi connectivity index (χ0) is 25.3. The van der Waals surface area contributed by atoms with Crippen molar-refractivity contribution in [3.05, 3.63) is 100 Å². The molecule has 2 heterocycles. The molecule has 0 saturated carbocycles. The maximum atomic E-state index is 13.5. The van der Waals surface area contributed by atoms with Crippen LogP contribution in [-0.2, 0) is 27.9 Å². The van der Waals surface area contributed by atoms with Gasteiger partial charge in [0.05, 0.1) is 15.9 Å². The number of aryl methyl sites for hydroxylation is 1. The topological polar surface area (TPSA) is 84.6 Å². The highest BCUT2D eigenvalue weighted by atomic mass is 32.2. The zero-order valence-electron chi connectivity index (χ0n) is 20.1. The van der Waals surface area contributed by atoms with Crippen LogP contribution >= 0.6 is 0 Å². The highest BCUT2D eigenvalue weighted by molar-refractivity contribution is 7.90. The number of benzene rings is 3. The molecule has 8 nitrogen and oxygen atoms in total. The van der Waals surface area contributed by atoms with Crippen LogP contribution in [0.5, 0.6) is 0 Å². The number of para-hydroxylation sites is 2. The second kappa shape index (κ2) is 9.75. The van der Waals surface area contributed by atoms with E-state index in [1.54, 1.807) is 48.2 Å². The molecule has 0 atom stereocenters. The summed E-state index contributed by atoms with van der Waals surface area (Å²) in [6.07, 6.45) is 0. The van der Waals surface area contributed by atoms with Gasteiger partial charge in [0, 0.05) is 32.7 Å². The van der Waals surface area contributed by atoms with Gasteiger partial charge in [-0.25, -0.2) is 13.2 Å². The lowest BCUT2D eigenvalue weighted by atomic mass is 10.2. The molecule has 0 unspecified atom stereocenters. The SMILES string of the molecule is Cc1cccc(S(=O)(=O)n2c(=O)n(CC(=O)N3CCN(Cc4ccccc4)CC3)c3ccccc32)c1. The van der Waals surface area contributed by atoms with Gasteiger partial charge < -0.3 is 4.90 Å². The third-order valence-corrected chi connectivity index (χ3v) is 8.27. The van der Waals surface area contributed by atoms with Crippen LogP contribution in [0.2, 0.25) is 0 Å². The minimum atomic E-state index is -4.14. The van der Waals surface area contributed by atoms with Crippen molar-refractivity contribution in [2.75, 3.05) is 26.2 Å². The van der Waals surface area contributed by atoms with Crippen molar-refractivity contribution in [1.29, 1.82) is 0 Å². The molecule has 36 heavy (non-hydrogen) atoms. The van der Waals surface area contributed by atoms with Crippen molar-refractivity contribution in [2.45, 2.75) is 24.9 Å². The molecule has 1 aliphatic rings. The fraction of sp³-hybridized carbons (Fsp3) is 0.259. The van der Waals surface area contributed by atoms with Crippen molar-refractivity contribution in [3.8, 4) is 0 Å². The summed E-state index contributed by atoms with van der Waals surface area (Å²) in [6, 6.07) is 23.3. The summed E-state index contributed by atoms with van der Waals surface area (Å²) in [5.41, 5.74) is 1.92. The number of piperazine rings is 1. The van der Waals surface area contributed by atoms with Crippen molar-refractivity contribution in [1.82, 2.24) is 18.3 Å². The maximum Gasteiger partial charge on any atom is 0.343 e. The van der Waals surface area contributed by atoms with Crippen molar-refractivity contribution in [2.24, 2.45) is 0 Å². The Balaban J connectivity index is 1.38. The molecule has 4 aromatic rings. The van der Waals surface area contributed by atoms with Gasteiger partial charge >= 0.3 is 5.69 Å². The number of carbonyl (C=O) groups excluding carboxylic acids is 1. The monoisotopic (exact) mass is 504 g/mol. The van der Waals surface area contributed by atoms with Gasteiger partial charge in [0.2, 0.25) is 5.91 Å². The van der Waals surface area contributed by atoms with Crippen LogP contribution in [0.25, 0.3) is 11.0 Å². The van der Waals surface area contributed by atoms with Gasteiger partial charge in [-0.1, -0.05) is 54.6 Å². The molecule has 0 aliphatic carbocycles. The predicted molar refractivity (Wildman–Crippen MR) is 138 cm³/mol. The van der Waals surface area contributed by atoms with E-state index in [-0.39, 0.29) is 22.9 Å². The fourth-order valence-corrected chi connectivity index (χ4v) is 6.19. The van der Waals surface area contributed by atoms with Gasteiger partial charge in [-0.2, -0.15) is 3.97 Å². The average Bonchev–Trinajstić information content (AvgIpc) is 3.16. The van der Waals surface area contributed by atoms with E-state index in [1.807, 2.05) is 18.2 Å². The molecule has 1 fully saturated rings. The fourth-order valence-electron chi connectivity index (χ4n) is 4.68. The van der Waals surface area contributed by atoms with Crippen LogP contribution in [-0.4, -0.2) is 58.8 Å². The Labute approximate surface area is 210 Å². The first kappa shape index (κ1) is 24.0. The largest absolute Gasteiger partial charge is 0.343 e. The maximum absolute atomic E-state index is 13.5. The number of carbonyl (C=O) groups is 1. The molecule has 5 rings (SSSR count). The van der Waals surface area contributed by atoms with Crippen LogP contribution in [0.4, 0.5) is 0 Å². The Morgan fingerprint density at radius 3 is 2.19 bits per heavy atom. The number of rotatable bonds is 6. The van der Waals surface area contributed by atoms with Crippen LogP contribution in [0.15, 0.2) is 88.6 Å². The number of hydrogen-bond donors (Lipinski definition) is 0. The minimum Gasteiger partial charge on any atom is -0.339 e. The second-order valence-electron chi connectivity index (χ2n) is 9.09. The van der Waals surface area contributed by atoms with Crippen LogP contribution in [0.1, 0.15) is 11.1 Å². The number of imidazole rings is 1. The summed E-state index contributed by atoms with van der Waals surface area (Å²) in [5.74, 6) is -0.202. The van der Waals surface area contributed by atoms with E-state index >= 15 is 0 Å². The van der Waals surface area contributed by atoms with E-state index in [0.29, 0.717) is 18.6 Å². The molecule has 0 bridgehead atoms. The second-order valence-corrected chi connectivity index (χ2v) is 10.9. The van der Waals surface area contributed by atoms with Crippen LogP contribution in [0, 0.1) is 6.92 Å². The summed E-state index contributed by atoms with van der Waals surface area (Å²) < 4.78 is 29.0. The smallest absolute Gasteiger partial charge is 0.339 e. The molecular formula is C27H28N4O4S. The van der Waals surface area contributed by atoms with Gasteiger partial charge in [0.15, 0.2) is 0 Å². The Morgan fingerprint density at radius 1 is 0.833 bits per heavy atom. The highest BCUT2D eigenvalue weighted by Gasteiger charge is 2.28. The molecule has 3 aromatic carbocycles. The number of nitrogens with zero attached hydrogens (tertiary/aromatic N) is 4. The summed E-state index contributed by atoms with van der Waals surface area (Å²) >= 11 is 0. The summed E-state index contributed by atoms with van der Waals surface area (Å²) in [7, 11) is -4.14. The molecule has 1 aliphatic heterocycles. The summed E-state index contributed by atoms with van der Waals surface area (Å²) in [5, 5.41) is 0. The Hall–Kier alpha value is -3.69. The first-order valence-electron chi connectivity index (χ1n) is 11.9. The molecule has 9 heteroatoms. The zero-order valence-corrected chi connectivity index (χ0v) is 20.9. The molecule has 0 spiro atoms. The lowest BCUT2D eigenvalue weighted by Crippen LogP contribution is -2.49. The van der Waals surface area contributed by atoms with E-state index in [0.717, 1.165) is 29.2 Å². The Bertz CT molecular complexity index is 1570. The van der Waals surface area contributed by atoms with Crippen molar-refractivity contribution in [3.63, 3.8) is 0 Å². The molecule has 1 aromatic heterocycles. The number of amides is 1. The lowest BCUT2D eigenvalue weighted by molar-refractivity contribution is -0.133. The number of aromatic nitrogens is 2. The third-order valence-electron chi connectivity index (χ3n) is 6.59. The normalized spacial score (nSPS) is 14.9. The standard InChI is InChI=1S/C27H28N4O4S/c1-21-8-7-11-23(18-21)36(34,35)31-25-13-6-5-12-24(25)30(27(31)33)20-26(32)29-16-14-28(15-17-29)19-22-9-3-2-4-10-22/h2-13,18H,14-17,19-20H2,1H3. The van der Waals surface area contributed by atoms with E-state index in [2.05, 4.69) is 17.0 Å². The first-order valence-corrected chi connectivity index (χ1v) is 13.4. The minimum absolute atomic E-state index is 0.0355. The van der Waals surface area contributed by atoms with Crippen LogP contribution < -0.4 is 5.69 Å². The molecule has 186 valence electrons. The van der Waals surface area contributed by atoms with E-state index in [4.69, 9.17) is 0 Å². The summed E-state index contributed by atoms with van der Waals surface area (Å²) in [6.45, 7) is 4.99. The summed E-state index contributed by atoms with van der Waals surface area (Å²) in [4.78, 5) is 30.7. The Kier molecular flexibility index (Phi) is 6.51. The van der Waals surface area contributed by atoms with E-state index in [1.165, 1.54) is 22.3 Å². The van der Waals surface area contributed by atoms with Gasteiger partial charge in [-0.05, 0) is 42.3 Å². The van der Waals surface area contributed by atoms with E-state index < -0.39 is 15.7 Å². The third kappa shape index (κ3) is 4.59. The molecular weight excluding hydrogens is 476 g/mol. The molecule has 1 amide bonds.